The van der Waals surface area contributed by atoms with Gasteiger partial charge in [-0.25, -0.2) is 4.79 Å². The van der Waals surface area contributed by atoms with Crippen molar-refractivity contribution in [2.45, 2.75) is 10.8 Å². The molecule has 1 aliphatic heterocycles. The average Bonchev–Trinajstić information content (AvgIpc) is 2.59. The molecule has 0 aliphatic carbocycles. The summed E-state index contributed by atoms with van der Waals surface area (Å²) in [6.07, 6.45) is 0. The fraction of sp³-hybridized carbons (Fsp3) is 0.300. The number of carbonyl (C=O) groups is 1. The second-order valence-corrected chi connectivity index (χ2v) is 4.75. The smallest absolute Gasteiger partial charge is 0.336 e. The van der Waals surface area contributed by atoms with Gasteiger partial charge in [0.15, 0.2) is 0 Å². The molecule has 0 saturated heterocycles. The van der Waals surface area contributed by atoms with E-state index in [0.717, 1.165) is 0 Å². The second kappa shape index (κ2) is 4.03. The molecule has 1 aromatic rings. The van der Waals surface area contributed by atoms with Gasteiger partial charge in [0, 0.05) is 24.2 Å². The molecule has 1 atom stereocenters. The summed E-state index contributed by atoms with van der Waals surface area (Å²) in [5, 5.41) is 21.4. The Kier molecular flexibility index (Phi) is 2.86. The molecule has 1 unspecified atom stereocenters. The Hall–Kier alpha value is -1.13. The van der Waals surface area contributed by atoms with Gasteiger partial charge in [0.05, 0.1) is 5.56 Å². The van der Waals surface area contributed by atoms with Crippen molar-refractivity contribution < 1.29 is 15.0 Å². The fourth-order valence-electron chi connectivity index (χ4n) is 1.90. The molecule has 1 aromatic carbocycles. The number of hydrogen-bond donors (Lipinski definition) is 3. The lowest BCUT2D eigenvalue weighted by atomic mass is 9.96. The lowest BCUT2D eigenvalue weighted by molar-refractivity contribution is 0.0695. The largest absolute Gasteiger partial charge is 0.508 e. The topological polar surface area (TPSA) is 69.6 Å². The van der Waals surface area contributed by atoms with Crippen molar-refractivity contribution in [3.63, 3.8) is 0 Å². The molecule has 0 fully saturated rings. The normalized spacial score (nSPS) is 18.3. The monoisotopic (exact) mass is 261 g/mol. The van der Waals surface area contributed by atoms with E-state index in [1.165, 1.54) is 12.1 Å². The van der Waals surface area contributed by atoms with Crippen molar-refractivity contribution in [3.05, 3.63) is 23.3 Å². The van der Waals surface area contributed by atoms with Crippen LogP contribution in [0.15, 0.2) is 12.1 Å². The van der Waals surface area contributed by atoms with Crippen LogP contribution in [0.1, 0.15) is 21.8 Å². The van der Waals surface area contributed by atoms with Crippen LogP contribution in [-0.4, -0.2) is 27.6 Å². The average molecular weight is 262 g/mol. The Morgan fingerprint density at radius 2 is 2.19 bits per heavy atom. The molecule has 1 heterocycles. The van der Waals surface area contributed by atoms with E-state index in [1.54, 1.807) is 0 Å². The van der Waals surface area contributed by atoms with E-state index < -0.39 is 10.8 Å². The molecular weight excluding hydrogens is 253 g/mol. The van der Waals surface area contributed by atoms with Gasteiger partial charge in [0.25, 0.3) is 0 Å². The summed E-state index contributed by atoms with van der Waals surface area (Å²) < 4.78 is 0. The third-order valence-electron chi connectivity index (χ3n) is 2.58. The molecule has 0 spiro atoms. The first-order chi connectivity index (χ1) is 7.50. The van der Waals surface area contributed by atoms with Crippen LogP contribution in [0, 0.1) is 0 Å². The predicted octanol–water partition coefficient (Wildman–Crippen LogP) is 2.40. The zero-order valence-corrected chi connectivity index (χ0v) is 9.59. The highest BCUT2D eigenvalue weighted by Crippen LogP contribution is 2.41. The number of rotatable bonds is 2. The summed E-state index contributed by atoms with van der Waals surface area (Å²) >= 11 is 11.6. The lowest BCUT2D eigenvalue weighted by Crippen LogP contribution is -2.12. The van der Waals surface area contributed by atoms with Gasteiger partial charge in [-0.3, -0.25) is 0 Å². The number of hydrogen-bond acceptors (Lipinski definition) is 3. The van der Waals surface area contributed by atoms with Gasteiger partial charge in [-0.2, -0.15) is 0 Å². The number of carboxylic acid groups (broad SMARTS) is 1. The number of fused-ring (bicyclic) bond motifs is 1. The summed E-state index contributed by atoms with van der Waals surface area (Å²) in [6.45, 7) is 0.469. The Balaban J connectivity index is 2.59. The van der Waals surface area contributed by atoms with E-state index in [1.807, 2.05) is 0 Å². The molecule has 86 valence electrons. The van der Waals surface area contributed by atoms with Gasteiger partial charge >= 0.3 is 5.97 Å². The van der Waals surface area contributed by atoms with E-state index >= 15 is 0 Å². The van der Waals surface area contributed by atoms with E-state index in [2.05, 4.69) is 5.32 Å². The first-order valence-corrected chi connectivity index (χ1v) is 5.50. The first kappa shape index (κ1) is 11.4. The van der Waals surface area contributed by atoms with E-state index in [-0.39, 0.29) is 17.2 Å². The quantitative estimate of drug-likeness (QED) is 0.716. The predicted molar refractivity (Wildman–Crippen MR) is 61.8 cm³/mol. The van der Waals surface area contributed by atoms with Gasteiger partial charge in [0.1, 0.15) is 10.6 Å². The first-order valence-electron chi connectivity index (χ1n) is 4.63. The number of carboxylic acids is 1. The molecule has 4 nitrogen and oxygen atoms in total. The maximum absolute atomic E-state index is 11.1. The van der Waals surface area contributed by atoms with Crippen LogP contribution in [-0.2, 0) is 0 Å². The Morgan fingerprint density at radius 3 is 2.75 bits per heavy atom. The Labute approximate surface area is 102 Å². The minimum Gasteiger partial charge on any atom is -0.508 e. The molecule has 0 amide bonds. The molecule has 0 bridgehead atoms. The number of anilines is 1. The highest BCUT2D eigenvalue weighted by atomic mass is 35.5. The van der Waals surface area contributed by atoms with Gasteiger partial charge in [-0.1, -0.05) is 0 Å². The lowest BCUT2D eigenvalue weighted by Gasteiger charge is -2.13. The zero-order valence-electron chi connectivity index (χ0n) is 8.08. The van der Waals surface area contributed by atoms with E-state index in [4.69, 9.17) is 28.3 Å². The van der Waals surface area contributed by atoms with Crippen molar-refractivity contribution in [2.75, 3.05) is 11.9 Å². The molecule has 1 aliphatic rings. The highest BCUT2D eigenvalue weighted by Gasteiger charge is 2.32. The van der Waals surface area contributed by atoms with Crippen LogP contribution in [0.25, 0.3) is 0 Å². The number of aromatic hydroxyl groups is 1. The fourth-order valence-corrected chi connectivity index (χ4v) is 2.33. The van der Waals surface area contributed by atoms with Gasteiger partial charge < -0.3 is 15.5 Å². The summed E-state index contributed by atoms with van der Waals surface area (Å²) in [5.41, 5.74) is 1.17. The van der Waals surface area contributed by atoms with Crippen molar-refractivity contribution in [1.82, 2.24) is 0 Å². The Bertz CT molecular complexity index is 448. The number of halogens is 2. The zero-order chi connectivity index (χ0) is 11.9. The van der Waals surface area contributed by atoms with Crippen LogP contribution in [0.3, 0.4) is 0 Å². The molecule has 2 rings (SSSR count). The standard InChI is InChI=1S/C10H9Cl2NO3/c11-9(12)6-3-13-7-2-4(14)1-5(8(6)7)10(15)16/h1-2,6,9,13-14H,3H2,(H,15,16). The summed E-state index contributed by atoms with van der Waals surface area (Å²) in [4.78, 5) is 10.4. The number of alkyl halides is 2. The second-order valence-electron chi connectivity index (χ2n) is 3.58. The third kappa shape index (κ3) is 1.79. The van der Waals surface area contributed by atoms with Crippen molar-refractivity contribution in [1.29, 1.82) is 0 Å². The van der Waals surface area contributed by atoms with E-state index in [9.17, 15) is 9.90 Å². The molecule has 6 heteroatoms. The van der Waals surface area contributed by atoms with Gasteiger partial charge in [-0.05, 0) is 11.6 Å². The number of aromatic carboxylic acids is 1. The Morgan fingerprint density at radius 1 is 1.50 bits per heavy atom. The van der Waals surface area contributed by atoms with Crippen LogP contribution in [0.4, 0.5) is 5.69 Å². The molecule has 0 saturated carbocycles. The summed E-state index contributed by atoms with van der Waals surface area (Å²) in [5.74, 6) is -1.47. The molecule has 3 N–H and O–H groups in total. The number of benzene rings is 1. The highest BCUT2D eigenvalue weighted by molar-refractivity contribution is 6.45. The minimum absolute atomic E-state index is 0.0382. The maximum Gasteiger partial charge on any atom is 0.336 e. The van der Waals surface area contributed by atoms with Crippen LogP contribution in [0.5, 0.6) is 5.75 Å². The number of phenols is 1. The van der Waals surface area contributed by atoms with Crippen LogP contribution in [0.2, 0.25) is 0 Å². The van der Waals surface area contributed by atoms with Crippen LogP contribution < -0.4 is 5.32 Å². The molecule has 16 heavy (non-hydrogen) atoms. The van der Waals surface area contributed by atoms with Crippen molar-refractivity contribution in [2.24, 2.45) is 0 Å². The van der Waals surface area contributed by atoms with Gasteiger partial charge in [0.2, 0.25) is 0 Å². The number of nitrogens with one attached hydrogen (secondary N) is 1. The van der Waals surface area contributed by atoms with E-state index in [0.29, 0.717) is 17.8 Å². The third-order valence-corrected chi connectivity index (χ3v) is 3.19. The van der Waals surface area contributed by atoms with Gasteiger partial charge in [-0.15, -0.1) is 23.2 Å². The maximum atomic E-state index is 11.1. The molecular formula is C10H9Cl2NO3. The van der Waals surface area contributed by atoms with Crippen LogP contribution >= 0.6 is 23.2 Å². The SMILES string of the molecule is O=C(O)c1cc(O)cc2c1C(C(Cl)Cl)CN2. The molecule has 0 radical (unpaired) electrons. The summed E-state index contributed by atoms with van der Waals surface area (Å²) in [6, 6.07) is 2.68. The number of phenolic OH excluding ortho intramolecular Hbond substituents is 1. The summed E-state index contributed by atoms with van der Waals surface area (Å²) in [7, 11) is 0. The van der Waals surface area contributed by atoms with Crippen molar-refractivity contribution in [3.8, 4) is 5.75 Å². The van der Waals surface area contributed by atoms with Crippen molar-refractivity contribution >= 4 is 34.9 Å². The molecule has 0 aromatic heterocycles. The minimum atomic E-state index is -1.10.